The number of ether oxygens (including phenoxy) is 1. The van der Waals surface area contributed by atoms with Crippen molar-refractivity contribution in [1.29, 1.82) is 0 Å². The van der Waals surface area contributed by atoms with Crippen molar-refractivity contribution >= 4 is 18.0 Å². The molecule has 1 heterocycles. The first-order valence-electron chi connectivity index (χ1n) is 10.5. The number of aliphatic carboxylic acids is 1. The van der Waals surface area contributed by atoms with E-state index in [-0.39, 0.29) is 24.9 Å². The number of rotatable bonds is 4. The molecule has 32 heavy (non-hydrogen) atoms. The largest absolute Gasteiger partial charge is 0.481 e. The van der Waals surface area contributed by atoms with Crippen LogP contribution in [0.3, 0.4) is 0 Å². The molecule has 1 unspecified atom stereocenters. The third kappa shape index (κ3) is 3.53. The van der Waals surface area contributed by atoms with E-state index in [4.69, 9.17) is 4.74 Å². The predicted octanol–water partition coefficient (Wildman–Crippen LogP) is 3.32. The van der Waals surface area contributed by atoms with Gasteiger partial charge >= 0.3 is 12.1 Å². The van der Waals surface area contributed by atoms with Crippen LogP contribution >= 0.6 is 0 Å². The Hall–Kier alpha value is -3.94. The van der Waals surface area contributed by atoms with Gasteiger partial charge < -0.3 is 9.84 Å². The maximum absolute atomic E-state index is 12.4. The van der Waals surface area contributed by atoms with Gasteiger partial charge in [0.1, 0.15) is 6.61 Å². The molecule has 0 fully saturated rings. The molecular formula is C24H21N3O5. The topological polar surface area (TPSA) is 121 Å². The lowest BCUT2D eigenvalue weighted by atomic mass is 9.87. The van der Waals surface area contributed by atoms with Crippen molar-refractivity contribution in [3.63, 3.8) is 0 Å². The van der Waals surface area contributed by atoms with Crippen LogP contribution in [0, 0.1) is 5.92 Å². The van der Waals surface area contributed by atoms with Crippen molar-refractivity contribution in [2.75, 3.05) is 11.9 Å². The van der Waals surface area contributed by atoms with Gasteiger partial charge in [-0.1, -0.05) is 48.5 Å². The average molecular weight is 431 g/mol. The molecule has 8 nitrogen and oxygen atoms in total. The minimum Gasteiger partial charge on any atom is -0.481 e. The molecule has 2 aliphatic rings. The Labute approximate surface area is 183 Å². The second-order valence-corrected chi connectivity index (χ2v) is 8.07. The van der Waals surface area contributed by atoms with Gasteiger partial charge in [0.25, 0.3) is 5.56 Å². The predicted molar refractivity (Wildman–Crippen MR) is 117 cm³/mol. The number of benzene rings is 2. The second-order valence-electron chi connectivity index (χ2n) is 8.07. The van der Waals surface area contributed by atoms with E-state index in [1.54, 1.807) is 0 Å². The van der Waals surface area contributed by atoms with Gasteiger partial charge in [-0.15, -0.1) is 0 Å². The van der Waals surface area contributed by atoms with E-state index in [0.717, 1.165) is 22.3 Å². The number of carboxylic acid groups (broad SMARTS) is 1. The molecule has 0 bridgehead atoms. The van der Waals surface area contributed by atoms with Crippen molar-refractivity contribution in [3.8, 4) is 11.1 Å². The first-order valence-corrected chi connectivity index (χ1v) is 10.5. The second kappa shape index (κ2) is 7.96. The number of aromatic amines is 1. The SMILES string of the molecule is O=C(Nc1nc2c(c(=O)[nH]1)CC(C(=O)O)CC2)OCC1c2ccccc2-c2ccccc21. The molecule has 0 spiro atoms. The van der Waals surface area contributed by atoms with Gasteiger partial charge in [0.2, 0.25) is 5.95 Å². The first-order chi connectivity index (χ1) is 15.5. The Bertz CT molecular complexity index is 1240. The summed E-state index contributed by atoms with van der Waals surface area (Å²) in [4.78, 5) is 42.9. The van der Waals surface area contributed by atoms with Crippen LogP contribution in [0.1, 0.15) is 34.7 Å². The van der Waals surface area contributed by atoms with E-state index in [0.29, 0.717) is 24.1 Å². The zero-order chi connectivity index (χ0) is 22.2. The molecule has 3 N–H and O–H groups in total. The summed E-state index contributed by atoms with van der Waals surface area (Å²) in [6.07, 6.45) is 0.200. The summed E-state index contributed by atoms with van der Waals surface area (Å²) in [7, 11) is 0. The van der Waals surface area contributed by atoms with Crippen LogP contribution < -0.4 is 10.9 Å². The summed E-state index contributed by atoms with van der Waals surface area (Å²) in [6.45, 7) is 0.148. The van der Waals surface area contributed by atoms with Gasteiger partial charge in [-0.25, -0.2) is 9.78 Å². The lowest BCUT2D eigenvalue weighted by molar-refractivity contribution is -0.142. The number of aryl methyl sites for hydroxylation is 1. The van der Waals surface area contributed by atoms with Gasteiger partial charge in [0.05, 0.1) is 11.6 Å². The molecule has 0 radical (unpaired) electrons. The van der Waals surface area contributed by atoms with Gasteiger partial charge in [-0.3, -0.25) is 19.9 Å². The molecule has 5 rings (SSSR count). The molecular weight excluding hydrogens is 410 g/mol. The molecule has 8 heteroatoms. The van der Waals surface area contributed by atoms with Crippen LogP contribution in [-0.2, 0) is 22.4 Å². The first kappa shape index (κ1) is 20.0. The molecule has 0 saturated carbocycles. The van der Waals surface area contributed by atoms with Gasteiger partial charge in [-0.2, -0.15) is 0 Å². The number of aromatic nitrogens is 2. The molecule has 2 aromatic carbocycles. The number of amides is 1. The summed E-state index contributed by atoms with van der Waals surface area (Å²) < 4.78 is 5.49. The fraction of sp³-hybridized carbons (Fsp3) is 0.250. The summed E-state index contributed by atoms with van der Waals surface area (Å²) >= 11 is 0. The third-order valence-corrected chi connectivity index (χ3v) is 6.19. The molecule has 162 valence electrons. The Morgan fingerprint density at radius 3 is 2.41 bits per heavy atom. The summed E-state index contributed by atoms with van der Waals surface area (Å²) in [5, 5.41) is 11.7. The standard InChI is InChI=1S/C24H21N3O5/c28-21-18-11-13(22(29)30)9-10-20(18)25-23(26-21)27-24(31)32-12-19-16-7-3-1-5-14(16)15-6-2-4-8-17(15)19/h1-8,13,19H,9-12H2,(H,29,30)(H2,25,26,27,28,31). The molecule has 0 aliphatic heterocycles. The van der Waals surface area contributed by atoms with Crippen molar-refractivity contribution in [2.45, 2.75) is 25.2 Å². The van der Waals surface area contributed by atoms with Gasteiger partial charge in [0, 0.05) is 11.5 Å². The minimum atomic E-state index is -0.920. The number of anilines is 1. The molecule has 1 atom stereocenters. The Morgan fingerprint density at radius 2 is 1.75 bits per heavy atom. The summed E-state index contributed by atoms with van der Waals surface area (Å²) in [5.41, 5.74) is 4.93. The highest BCUT2D eigenvalue weighted by molar-refractivity contribution is 5.83. The number of nitrogens with zero attached hydrogens (tertiary/aromatic N) is 1. The number of fused-ring (bicyclic) bond motifs is 4. The monoisotopic (exact) mass is 431 g/mol. The van der Waals surface area contributed by atoms with Crippen LogP contribution in [0.5, 0.6) is 0 Å². The molecule has 1 aromatic heterocycles. The zero-order valence-electron chi connectivity index (χ0n) is 17.1. The number of carbonyl (C=O) groups is 2. The van der Waals surface area contributed by atoms with E-state index < -0.39 is 23.5 Å². The maximum atomic E-state index is 12.4. The lowest BCUT2D eigenvalue weighted by Crippen LogP contribution is -2.30. The number of hydrogen-bond acceptors (Lipinski definition) is 5. The third-order valence-electron chi connectivity index (χ3n) is 6.19. The summed E-state index contributed by atoms with van der Waals surface area (Å²) in [6, 6.07) is 16.1. The van der Waals surface area contributed by atoms with Gasteiger partial charge in [0.15, 0.2) is 0 Å². The maximum Gasteiger partial charge on any atom is 0.414 e. The molecule has 2 aliphatic carbocycles. The molecule has 0 saturated heterocycles. The number of hydrogen-bond donors (Lipinski definition) is 3. The smallest absolute Gasteiger partial charge is 0.414 e. The van der Waals surface area contributed by atoms with Crippen molar-refractivity contribution < 1.29 is 19.4 Å². The number of H-pyrrole nitrogens is 1. The highest BCUT2D eigenvalue weighted by Gasteiger charge is 2.30. The highest BCUT2D eigenvalue weighted by Crippen LogP contribution is 2.44. The van der Waals surface area contributed by atoms with Crippen LogP contribution in [0.15, 0.2) is 53.3 Å². The van der Waals surface area contributed by atoms with Crippen molar-refractivity contribution in [2.24, 2.45) is 5.92 Å². The Kier molecular flexibility index (Phi) is 4.97. The van der Waals surface area contributed by atoms with Crippen molar-refractivity contribution in [3.05, 3.63) is 81.3 Å². The van der Waals surface area contributed by atoms with Crippen LogP contribution in [0.25, 0.3) is 11.1 Å². The van der Waals surface area contributed by atoms with E-state index in [9.17, 15) is 19.5 Å². The number of nitrogens with one attached hydrogen (secondary N) is 2. The van der Waals surface area contributed by atoms with E-state index >= 15 is 0 Å². The van der Waals surface area contributed by atoms with E-state index in [1.165, 1.54) is 0 Å². The van der Waals surface area contributed by atoms with Crippen LogP contribution in [-0.4, -0.2) is 33.7 Å². The lowest BCUT2D eigenvalue weighted by Gasteiger charge is -2.20. The van der Waals surface area contributed by atoms with Crippen molar-refractivity contribution in [1.82, 2.24) is 9.97 Å². The molecule has 1 amide bonds. The fourth-order valence-corrected chi connectivity index (χ4v) is 4.62. The normalized spacial score (nSPS) is 16.6. The fourth-order valence-electron chi connectivity index (χ4n) is 4.62. The van der Waals surface area contributed by atoms with E-state index in [2.05, 4.69) is 27.4 Å². The van der Waals surface area contributed by atoms with E-state index in [1.807, 2.05) is 36.4 Å². The molecule has 3 aromatic rings. The van der Waals surface area contributed by atoms with Crippen LogP contribution in [0.4, 0.5) is 10.7 Å². The Balaban J connectivity index is 1.29. The Morgan fingerprint density at radius 1 is 1.09 bits per heavy atom. The average Bonchev–Trinajstić information content (AvgIpc) is 3.11. The quantitative estimate of drug-likeness (QED) is 0.583. The number of carboxylic acids is 1. The van der Waals surface area contributed by atoms with Crippen LogP contribution in [0.2, 0.25) is 0 Å². The number of carbonyl (C=O) groups excluding carboxylic acids is 1. The zero-order valence-corrected chi connectivity index (χ0v) is 17.1. The highest BCUT2D eigenvalue weighted by atomic mass is 16.5. The van der Waals surface area contributed by atoms with Gasteiger partial charge in [-0.05, 0) is 41.5 Å². The minimum absolute atomic E-state index is 0.000234. The summed E-state index contributed by atoms with van der Waals surface area (Å²) in [5.74, 6) is -1.58.